The molecule has 6 nitrogen and oxygen atoms in total. The Labute approximate surface area is 171 Å². The van der Waals surface area contributed by atoms with Gasteiger partial charge in [0.05, 0.1) is 10.5 Å². The number of nitro benzene ring substituents is 1. The summed E-state index contributed by atoms with van der Waals surface area (Å²) in [6.45, 7) is 0.532. The first-order chi connectivity index (χ1) is 12.3. The van der Waals surface area contributed by atoms with Crippen LogP contribution in [0, 0.1) is 10.1 Å². The van der Waals surface area contributed by atoms with E-state index in [0.29, 0.717) is 18.1 Å². The van der Waals surface area contributed by atoms with Gasteiger partial charge in [0.1, 0.15) is 0 Å². The van der Waals surface area contributed by atoms with Crippen LogP contribution in [0.25, 0.3) is 0 Å². The minimum absolute atomic E-state index is 0. The largest absolute Gasteiger partial charge is 0.416 e. The quantitative estimate of drug-likeness (QED) is 0.216. The standard InChI is InChI=1S/C17H17F3N4O2.HI/c1-21-16(22-10-12-5-7-15(8-6-12)24(25)26)23-11-13-3-2-4-14(9-13)17(18,19)20;/h2-9H,10-11H2,1H3,(H2,21,22,23);1H. The SMILES string of the molecule is CN=C(NCc1ccc([N+](=O)[O-])cc1)NCc1cccc(C(F)(F)F)c1.I. The van der Waals surface area contributed by atoms with Crippen LogP contribution >= 0.6 is 24.0 Å². The molecular formula is C17H18F3IN4O2. The Morgan fingerprint density at radius 2 is 1.67 bits per heavy atom. The summed E-state index contributed by atoms with van der Waals surface area (Å²) in [5.41, 5.74) is 0.571. The summed E-state index contributed by atoms with van der Waals surface area (Å²) < 4.78 is 38.2. The molecule has 2 rings (SSSR count). The third kappa shape index (κ3) is 7.04. The average Bonchev–Trinajstić information content (AvgIpc) is 2.61. The van der Waals surface area contributed by atoms with E-state index < -0.39 is 16.7 Å². The van der Waals surface area contributed by atoms with E-state index in [1.165, 1.54) is 25.2 Å². The number of nitrogens with zero attached hydrogens (tertiary/aromatic N) is 2. The molecule has 146 valence electrons. The fraction of sp³-hybridized carbons (Fsp3) is 0.235. The lowest BCUT2D eigenvalue weighted by molar-refractivity contribution is -0.384. The summed E-state index contributed by atoms with van der Waals surface area (Å²) in [6, 6.07) is 11.1. The normalized spacial score (nSPS) is 11.5. The number of hydrogen-bond acceptors (Lipinski definition) is 3. The van der Waals surface area contributed by atoms with Gasteiger partial charge in [0.25, 0.3) is 5.69 Å². The number of nitrogens with one attached hydrogen (secondary N) is 2. The summed E-state index contributed by atoms with van der Waals surface area (Å²) in [5.74, 6) is 0.403. The van der Waals surface area contributed by atoms with Crippen molar-refractivity contribution in [1.82, 2.24) is 10.6 Å². The fourth-order valence-corrected chi connectivity index (χ4v) is 2.19. The van der Waals surface area contributed by atoms with Gasteiger partial charge < -0.3 is 10.6 Å². The van der Waals surface area contributed by atoms with E-state index in [2.05, 4.69) is 15.6 Å². The summed E-state index contributed by atoms with van der Waals surface area (Å²) in [6.07, 6.45) is -4.38. The highest BCUT2D eigenvalue weighted by Crippen LogP contribution is 2.29. The molecule has 0 amide bonds. The molecule has 0 aliphatic heterocycles. The molecule has 0 aliphatic rings. The Kier molecular flexibility index (Phi) is 8.47. The van der Waals surface area contributed by atoms with Gasteiger partial charge in [-0.25, -0.2) is 0 Å². The highest BCUT2D eigenvalue weighted by Gasteiger charge is 2.30. The van der Waals surface area contributed by atoms with Crippen LogP contribution in [0.1, 0.15) is 16.7 Å². The van der Waals surface area contributed by atoms with Crippen LogP contribution in [0.15, 0.2) is 53.5 Å². The van der Waals surface area contributed by atoms with Crippen molar-refractivity contribution in [3.8, 4) is 0 Å². The summed E-state index contributed by atoms with van der Waals surface area (Å²) in [4.78, 5) is 14.1. The second-order valence-electron chi connectivity index (χ2n) is 5.40. The Morgan fingerprint density at radius 3 is 2.19 bits per heavy atom. The second kappa shape index (κ2) is 10.1. The van der Waals surface area contributed by atoms with Gasteiger partial charge in [-0.05, 0) is 23.3 Å². The van der Waals surface area contributed by atoms with Crippen LogP contribution in [0.2, 0.25) is 0 Å². The van der Waals surface area contributed by atoms with Crippen LogP contribution in [-0.2, 0) is 19.3 Å². The first-order valence-corrected chi connectivity index (χ1v) is 7.63. The van der Waals surface area contributed by atoms with Crippen LogP contribution in [-0.4, -0.2) is 17.9 Å². The third-order valence-corrected chi connectivity index (χ3v) is 3.54. The Hall–Kier alpha value is -2.37. The zero-order valence-corrected chi connectivity index (χ0v) is 16.6. The molecule has 0 saturated heterocycles. The zero-order chi connectivity index (χ0) is 19.2. The molecule has 0 spiro atoms. The van der Waals surface area contributed by atoms with Gasteiger partial charge in [-0.2, -0.15) is 13.2 Å². The van der Waals surface area contributed by atoms with Gasteiger partial charge in [-0.15, -0.1) is 24.0 Å². The molecule has 0 radical (unpaired) electrons. The summed E-state index contributed by atoms with van der Waals surface area (Å²) in [5, 5.41) is 16.5. The number of nitro groups is 1. The molecule has 0 bridgehead atoms. The van der Waals surface area contributed by atoms with Gasteiger partial charge in [0.2, 0.25) is 0 Å². The lowest BCUT2D eigenvalue weighted by atomic mass is 10.1. The van der Waals surface area contributed by atoms with E-state index in [1.54, 1.807) is 18.2 Å². The van der Waals surface area contributed by atoms with E-state index in [1.807, 2.05) is 0 Å². The number of halogens is 4. The maximum absolute atomic E-state index is 12.7. The van der Waals surface area contributed by atoms with Gasteiger partial charge >= 0.3 is 6.18 Å². The molecule has 2 N–H and O–H groups in total. The van der Waals surface area contributed by atoms with Crippen molar-refractivity contribution in [2.24, 2.45) is 4.99 Å². The molecule has 2 aromatic carbocycles. The first-order valence-electron chi connectivity index (χ1n) is 7.63. The predicted molar refractivity (Wildman–Crippen MR) is 107 cm³/mol. The molecule has 0 aliphatic carbocycles. The maximum Gasteiger partial charge on any atom is 0.416 e. The lowest BCUT2D eigenvalue weighted by Crippen LogP contribution is -2.36. The molecule has 0 saturated carbocycles. The predicted octanol–water partition coefficient (Wildman–Crippen LogP) is 4.10. The Balaban J connectivity index is 0.00000364. The van der Waals surface area contributed by atoms with Crippen molar-refractivity contribution in [3.05, 3.63) is 75.3 Å². The number of rotatable bonds is 5. The Morgan fingerprint density at radius 1 is 1.07 bits per heavy atom. The molecule has 0 aromatic heterocycles. The number of aliphatic imine (C=N–C) groups is 1. The lowest BCUT2D eigenvalue weighted by Gasteiger charge is -2.13. The molecule has 0 unspecified atom stereocenters. The molecule has 2 aromatic rings. The van der Waals surface area contributed by atoms with Gasteiger partial charge in [-0.3, -0.25) is 15.1 Å². The van der Waals surface area contributed by atoms with Crippen LogP contribution in [0.5, 0.6) is 0 Å². The van der Waals surface area contributed by atoms with Gasteiger partial charge in [0, 0.05) is 32.3 Å². The minimum Gasteiger partial charge on any atom is -0.352 e. The number of non-ortho nitro benzene ring substituents is 1. The van der Waals surface area contributed by atoms with Crippen molar-refractivity contribution in [2.45, 2.75) is 19.3 Å². The number of benzene rings is 2. The topological polar surface area (TPSA) is 79.6 Å². The summed E-state index contributed by atoms with van der Waals surface area (Å²) >= 11 is 0. The molecule has 0 atom stereocenters. The van der Waals surface area contributed by atoms with E-state index in [9.17, 15) is 23.3 Å². The minimum atomic E-state index is -4.38. The van der Waals surface area contributed by atoms with Crippen LogP contribution < -0.4 is 10.6 Å². The summed E-state index contributed by atoms with van der Waals surface area (Å²) in [7, 11) is 1.54. The maximum atomic E-state index is 12.7. The zero-order valence-electron chi connectivity index (χ0n) is 14.3. The molecule has 0 heterocycles. The van der Waals surface area contributed by atoms with Crippen LogP contribution in [0.3, 0.4) is 0 Å². The monoisotopic (exact) mass is 494 g/mol. The average molecular weight is 494 g/mol. The van der Waals surface area contributed by atoms with Gasteiger partial charge in [-0.1, -0.05) is 24.3 Å². The molecule has 0 fully saturated rings. The highest BCUT2D eigenvalue weighted by molar-refractivity contribution is 14.0. The molecular weight excluding hydrogens is 476 g/mol. The third-order valence-electron chi connectivity index (χ3n) is 3.54. The molecule has 27 heavy (non-hydrogen) atoms. The van der Waals surface area contributed by atoms with Crippen molar-refractivity contribution in [2.75, 3.05) is 7.05 Å². The second-order valence-corrected chi connectivity index (χ2v) is 5.40. The highest BCUT2D eigenvalue weighted by atomic mass is 127. The van der Waals surface area contributed by atoms with Crippen LogP contribution in [0.4, 0.5) is 18.9 Å². The smallest absolute Gasteiger partial charge is 0.352 e. The first kappa shape index (κ1) is 22.7. The Bertz CT molecular complexity index is 796. The van der Waals surface area contributed by atoms with Crippen molar-refractivity contribution in [3.63, 3.8) is 0 Å². The fourth-order valence-electron chi connectivity index (χ4n) is 2.19. The number of guanidine groups is 1. The van der Waals surface area contributed by atoms with E-state index in [4.69, 9.17) is 0 Å². The molecule has 10 heteroatoms. The van der Waals surface area contributed by atoms with Crippen molar-refractivity contribution < 1.29 is 18.1 Å². The van der Waals surface area contributed by atoms with E-state index in [0.717, 1.165) is 17.7 Å². The van der Waals surface area contributed by atoms with Crippen molar-refractivity contribution >= 4 is 35.6 Å². The number of alkyl halides is 3. The van der Waals surface area contributed by atoms with E-state index >= 15 is 0 Å². The van der Waals surface area contributed by atoms with Gasteiger partial charge in [0.15, 0.2) is 5.96 Å². The van der Waals surface area contributed by atoms with E-state index in [-0.39, 0.29) is 36.2 Å². The van der Waals surface area contributed by atoms with Crippen molar-refractivity contribution in [1.29, 1.82) is 0 Å². The number of hydrogen-bond donors (Lipinski definition) is 2.